The van der Waals surface area contributed by atoms with E-state index in [9.17, 15) is 4.79 Å². The summed E-state index contributed by atoms with van der Waals surface area (Å²) >= 11 is 6.15. The van der Waals surface area contributed by atoms with Crippen molar-refractivity contribution in [2.75, 3.05) is 12.3 Å². The molecule has 0 unspecified atom stereocenters. The number of nitrogens with one attached hydrogen (secondary N) is 1. The van der Waals surface area contributed by atoms with E-state index in [4.69, 9.17) is 31.4 Å². The number of hydrogen-bond acceptors (Lipinski definition) is 5. The molecule has 0 saturated carbocycles. The number of ether oxygens (including phenoxy) is 1. The number of carbonyl (C=O) groups excluding carboxylic acids is 1. The Balaban J connectivity index is 1.74. The molecule has 1 fully saturated rings. The van der Waals surface area contributed by atoms with Crippen LogP contribution < -0.4 is 11.1 Å². The fourth-order valence-corrected chi connectivity index (χ4v) is 3.33. The summed E-state index contributed by atoms with van der Waals surface area (Å²) in [5, 5.41) is 3.30. The summed E-state index contributed by atoms with van der Waals surface area (Å²) in [4.78, 5) is 12.3. The fourth-order valence-electron chi connectivity index (χ4n) is 3.08. The summed E-state index contributed by atoms with van der Waals surface area (Å²) < 4.78 is 17.7. The Hall–Kier alpha value is -2.48. The van der Waals surface area contributed by atoms with Gasteiger partial charge in [-0.15, -0.1) is 0 Å². The summed E-state index contributed by atoms with van der Waals surface area (Å²) in [5.74, 6) is 0. The highest BCUT2D eigenvalue weighted by Gasteiger charge is 2.52. The summed E-state index contributed by atoms with van der Waals surface area (Å²) in [6, 6.07) is 14.7. The Morgan fingerprint density at radius 3 is 2.39 bits per heavy atom. The van der Waals surface area contributed by atoms with E-state index in [0.717, 1.165) is 16.6 Å². The predicted octanol–water partition coefficient (Wildman–Crippen LogP) is 4.86. The topological polar surface area (TPSA) is 82.8 Å². The molecule has 1 heterocycles. The molecule has 2 aromatic rings. The molecule has 0 spiro atoms. The average Bonchev–Trinajstić information content (AvgIpc) is 2.90. The third-order valence-electron chi connectivity index (χ3n) is 5.50. The van der Waals surface area contributed by atoms with Crippen LogP contribution >= 0.6 is 11.6 Å². The second kappa shape index (κ2) is 9.34. The van der Waals surface area contributed by atoms with E-state index < -0.39 is 24.4 Å². The zero-order valence-corrected chi connectivity index (χ0v) is 19.0. The molecule has 3 N–H and O–H groups in total. The van der Waals surface area contributed by atoms with Gasteiger partial charge in [0, 0.05) is 17.3 Å². The Kier molecular flexibility index (Phi) is 6.99. The van der Waals surface area contributed by atoms with E-state index >= 15 is 0 Å². The van der Waals surface area contributed by atoms with Crippen molar-refractivity contribution in [3.63, 3.8) is 0 Å². The van der Waals surface area contributed by atoms with Crippen LogP contribution in [-0.2, 0) is 20.7 Å². The molecule has 0 aliphatic carbocycles. The molecule has 1 saturated heterocycles. The number of nitrogen functional groups attached to an aromatic ring is 1. The summed E-state index contributed by atoms with van der Waals surface area (Å²) in [6.07, 6.45) is 1.33. The van der Waals surface area contributed by atoms with Gasteiger partial charge in [-0.05, 0) is 62.5 Å². The highest BCUT2D eigenvalue weighted by atomic mass is 35.5. The number of anilines is 1. The Labute approximate surface area is 188 Å². The molecule has 1 aliphatic heterocycles. The van der Waals surface area contributed by atoms with Gasteiger partial charge < -0.3 is 25.1 Å². The van der Waals surface area contributed by atoms with Gasteiger partial charge in [0.05, 0.1) is 11.2 Å². The summed E-state index contributed by atoms with van der Waals surface area (Å²) in [6.45, 7) is 8.27. The first-order valence-corrected chi connectivity index (χ1v) is 10.5. The van der Waals surface area contributed by atoms with Gasteiger partial charge in [0.25, 0.3) is 0 Å². The van der Waals surface area contributed by atoms with Crippen molar-refractivity contribution in [1.82, 2.24) is 5.32 Å². The van der Waals surface area contributed by atoms with Gasteiger partial charge in [-0.25, -0.2) is 4.79 Å². The van der Waals surface area contributed by atoms with Crippen LogP contribution in [0, 0.1) is 0 Å². The van der Waals surface area contributed by atoms with E-state index in [1.165, 1.54) is 0 Å². The summed E-state index contributed by atoms with van der Waals surface area (Å²) in [5.41, 5.74) is 7.85. The molecule has 0 aromatic heterocycles. The molecular formula is C23H28BClN2O4. The molecule has 3 rings (SSSR count). The lowest BCUT2D eigenvalue weighted by Crippen LogP contribution is -2.41. The van der Waals surface area contributed by atoms with Crippen LogP contribution in [0.4, 0.5) is 10.5 Å². The van der Waals surface area contributed by atoms with Crippen LogP contribution in [0.1, 0.15) is 38.8 Å². The highest BCUT2D eigenvalue weighted by molar-refractivity contribution is 6.56. The number of alkyl carbamates (subject to hydrolysis) is 1. The third kappa shape index (κ3) is 6.03. The van der Waals surface area contributed by atoms with E-state index in [-0.39, 0.29) is 13.2 Å². The lowest BCUT2D eigenvalue weighted by atomic mass is 9.77. The van der Waals surface area contributed by atoms with Crippen molar-refractivity contribution in [2.45, 2.75) is 45.5 Å². The summed E-state index contributed by atoms with van der Waals surface area (Å²) in [7, 11) is -0.639. The number of benzene rings is 2. The first-order valence-electron chi connectivity index (χ1n) is 10.1. The normalized spacial score (nSPS) is 17.5. The van der Waals surface area contributed by atoms with Crippen LogP contribution in [0.5, 0.6) is 0 Å². The lowest BCUT2D eigenvalue weighted by Gasteiger charge is -2.32. The van der Waals surface area contributed by atoms with E-state index in [2.05, 4.69) is 5.32 Å². The molecule has 0 bridgehead atoms. The van der Waals surface area contributed by atoms with Crippen LogP contribution in [0.15, 0.2) is 54.0 Å². The molecule has 8 heteroatoms. The van der Waals surface area contributed by atoms with Crippen LogP contribution in [0.2, 0.25) is 5.02 Å². The van der Waals surface area contributed by atoms with Gasteiger partial charge in [0.15, 0.2) is 0 Å². The maximum absolute atomic E-state index is 12.3. The SMILES string of the molecule is CC1(C)OB(C(=Cc2cc(N)cc(Cl)c2)CNC(=O)OCc2ccccc2)OC1(C)C. The number of nitrogens with two attached hydrogens (primary N) is 1. The van der Waals surface area contributed by atoms with Crippen LogP contribution in [0.3, 0.4) is 0 Å². The Morgan fingerprint density at radius 1 is 1.13 bits per heavy atom. The smallest absolute Gasteiger partial charge is 0.445 e. The van der Waals surface area contributed by atoms with Gasteiger partial charge in [-0.2, -0.15) is 0 Å². The largest absolute Gasteiger partial charge is 0.492 e. The number of amides is 1. The molecular weight excluding hydrogens is 415 g/mol. The molecule has 31 heavy (non-hydrogen) atoms. The average molecular weight is 443 g/mol. The molecule has 0 radical (unpaired) electrons. The van der Waals surface area contributed by atoms with E-state index in [1.54, 1.807) is 18.2 Å². The zero-order chi connectivity index (χ0) is 22.6. The first-order chi connectivity index (χ1) is 14.6. The maximum Gasteiger partial charge on any atom is 0.492 e. The quantitative estimate of drug-likeness (QED) is 0.493. The lowest BCUT2D eigenvalue weighted by molar-refractivity contribution is 0.00578. The standard InChI is InChI=1S/C23H28BClN2O4/c1-22(2)23(3,4)31-24(30-22)18(10-17-11-19(25)13-20(26)12-17)14-27-21(28)29-15-16-8-6-5-7-9-16/h5-13H,14-15,26H2,1-4H3,(H,27,28). The number of rotatable bonds is 6. The number of hydrogen-bond donors (Lipinski definition) is 2. The minimum atomic E-state index is -0.639. The second-order valence-electron chi connectivity index (χ2n) is 8.54. The van der Waals surface area contributed by atoms with Crippen molar-refractivity contribution >= 4 is 36.6 Å². The molecule has 2 aromatic carbocycles. The first kappa shape index (κ1) is 23.2. The minimum absolute atomic E-state index is 0.177. The Morgan fingerprint density at radius 2 is 1.77 bits per heavy atom. The van der Waals surface area contributed by atoms with Crippen molar-refractivity contribution in [3.8, 4) is 0 Å². The van der Waals surface area contributed by atoms with E-state index in [0.29, 0.717) is 10.7 Å². The maximum atomic E-state index is 12.3. The molecule has 1 aliphatic rings. The van der Waals surface area contributed by atoms with Crippen LogP contribution in [0.25, 0.3) is 6.08 Å². The zero-order valence-electron chi connectivity index (χ0n) is 18.3. The molecule has 6 nitrogen and oxygen atoms in total. The molecule has 1 amide bonds. The van der Waals surface area contributed by atoms with Gasteiger partial charge in [-0.1, -0.05) is 48.0 Å². The number of halogens is 1. The monoisotopic (exact) mass is 442 g/mol. The van der Waals surface area contributed by atoms with Crippen molar-refractivity contribution in [1.29, 1.82) is 0 Å². The molecule has 164 valence electrons. The van der Waals surface area contributed by atoms with Crippen molar-refractivity contribution in [3.05, 3.63) is 70.2 Å². The Bertz CT molecular complexity index is 927. The molecule has 0 atom stereocenters. The van der Waals surface area contributed by atoms with Gasteiger partial charge in [-0.3, -0.25) is 0 Å². The van der Waals surface area contributed by atoms with Gasteiger partial charge in [0.2, 0.25) is 0 Å². The number of carbonyl (C=O) groups is 1. The third-order valence-corrected chi connectivity index (χ3v) is 5.72. The van der Waals surface area contributed by atoms with Crippen molar-refractivity contribution < 1.29 is 18.8 Å². The fraction of sp³-hybridized carbons (Fsp3) is 0.348. The highest BCUT2D eigenvalue weighted by Crippen LogP contribution is 2.38. The van der Waals surface area contributed by atoms with Gasteiger partial charge in [0.1, 0.15) is 6.61 Å². The van der Waals surface area contributed by atoms with E-state index in [1.807, 2.05) is 64.1 Å². The van der Waals surface area contributed by atoms with Gasteiger partial charge >= 0.3 is 13.2 Å². The second-order valence-corrected chi connectivity index (χ2v) is 8.98. The minimum Gasteiger partial charge on any atom is -0.445 e. The van der Waals surface area contributed by atoms with Crippen LogP contribution in [-0.4, -0.2) is 31.0 Å². The predicted molar refractivity (Wildman–Crippen MR) is 125 cm³/mol. The van der Waals surface area contributed by atoms with Crippen molar-refractivity contribution in [2.24, 2.45) is 0 Å².